The molecule has 7 nitrogen and oxygen atoms in total. The van der Waals surface area contributed by atoms with Crippen LogP contribution in [0.2, 0.25) is 0 Å². The summed E-state index contributed by atoms with van der Waals surface area (Å²) in [5.41, 5.74) is 1.85. The lowest BCUT2D eigenvalue weighted by molar-refractivity contribution is 0.102. The Morgan fingerprint density at radius 1 is 0.909 bits per heavy atom. The summed E-state index contributed by atoms with van der Waals surface area (Å²) in [6, 6.07) is 14.4. The number of hydrogen-bond acceptors (Lipinski definition) is 7. The van der Waals surface area contributed by atoms with Crippen LogP contribution < -0.4 is 10.0 Å². The Morgan fingerprint density at radius 3 is 2.33 bits per heavy atom. The van der Waals surface area contributed by atoms with Crippen molar-refractivity contribution in [2.24, 2.45) is 0 Å². The fraction of sp³-hybridized carbons (Fsp3) is 0.0455. The number of hydrogen-bond donors (Lipinski definition) is 2. The number of aromatic nitrogens is 2. The van der Waals surface area contributed by atoms with Gasteiger partial charge in [-0.05, 0) is 55.5 Å². The maximum atomic E-state index is 13.2. The molecule has 166 valence electrons. The number of halogens is 1. The number of aryl methyl sites for hydroxylation is 1. The van der Waals surface area contributed by atoms with Crippen LogP contribution in [0.25, 0.3) is 20.4 Å². The van der Waals surface area contributed by atoms with Crippen LogP contribution >= 0.6 is 22.7 Å². The Morgan fingerprint density at radius 2 is 1.58 bits per heavy atom. The standard InChI is InChI=1S/C22H15FN4O3S3/c1-12-24-17-10-11-18-20(19(17)31-12)32-22(25-18)26-21(28)15-4-2-3-5-16(15)27-33(29,30)14-8-6-13(23)7-9-14/h2-11,27H,1H3,(H,25,26,28). The summed E-state index contributed by atoms with van der Waals surface area (Å²) in [4.78, 5) is 21.9. The average molecular weight is 499 g/mol. The van der Waals surface area contributed by atoms with Gasteiger partial charge in [-0.25, -0.2) is 22.8 Å². The van der Waals surface area contributed by atoms with Crippen LogP contribution in [0.3, 0.4) is 0 Å². The van der Waals surface area contributed by atoms with Gasteiger partial charge in [-0.1, -0.05) is 23.5 Å². The molecule has 0 aliphatic carbocycles. The number of nitrogens with one attached hydrogen (secondary N) is 2. The summed E-state index contributed by atoms with van der Waals surface area (Å²) < 4.78 is 42.9. The van der Waals surface area contributed by atoms with Gasteiger partial charge in [-0.3, -0.25) is 14.8 Å². The lowest BCUT2D eigenvalue weighted by Gasteiger charge is -2.12. The van der Waals surface area contributed by atoms with Gasteiger partial charge < -0.3 is 0 Å². The molecule has 0 aliphatic rings. The van der Waals surface area contributed by atoms with E-state index in [2.05, 4.69) is 20.0 Å². The number of thiazole rings is 2. The smallest absolute Gasteiger partial charge is 0.261 e. The molecule has 0 atom stereocenters. The zero-order valence-electron chi connectivity index (χ0n) is 17.0. The van der Waals surface area contributed by atoms with Crippen LogP contribution in [-0.2, 0) is 10.0 Å². The summed E-state index contributed by atoms with van der Waals surface area (Å²) in [5.74, 6) is -1.06. The summed E-state index contributed by atoms with van der Waals surface area (Å²) in [6.07, 6.45) is 0. The quantitative estimate of drug-likeness (QED) is 0.338. The highest BCUT2D eigenvalue weighted by molar-refractivity contribution is 7.92. The molecule has 0 saturated heterocycles. The third-order valence-corrected chi connectivity index (χ3v) is 8.30. The summed E-state index contributed by atoms with van der Waals surface area (Å²) in [5, 5.41) is 4.10. The first-order valence-corrected chi connectivity index (χ1v) is 12.8. The van der Waals surface area contributed by atoms with Crippen molar-refractivity contribution in [3.8, 4) is 0 Å². The second kappa shape index (κ2) is 8.18. The molecule has 0 saturated carbocycles. The summed E-state index contributed by atoms with van der Waals surface area (Å²) in [7, 11) is -4.02. The maximum absolute atomic E-state index is 13.2. The minimum absolute atomic E-state index is 0.0981. The van der Waals surface area contributed by atoms with E-state index >= 15 is 0 Å². The Balaban J connectivity index is 1.44. The summed E-state index contributed by atoms with van der Waals surface area (Å²) in [6.45, 7) is 1.93. The van der Waals surface area contributed by atoms with E-state index in [0.29, 0.717) is 5.13 Å². The molecule has 5 aromatic rings. The molecule has 0 bridgehead atoms. The molecule has 1 amide bonds. The third kappa shape index (κ3) is 4.17. The number of carbonyl (C=O) groups is 1. The maximum Gasteiger partial charge on any atom is 0.261 e. The number of fused-ring (bicyclic) bond motifs is 3. The highest BCUT2D eigenvalue weighted by atomic mass is 32.2. The highest BCUT2D eigenvalue weighted by Crippen LogP contribution is 2.36. The number of para-hydroxylation sites is 1. The van der Waals surface area contributed by atoms with Crippen molar-refractivity contribution in [3.05, 3.63) is 77.1 Å². The van der Waals surface area contributed by atoms with Gasteiger partial charge in [0.1, 0.15) is 5.82 Å². The van der Waals surface area contributed by atoms with Crippen molar-refractivity contribution in [3.63, 3.8) is 0 Å². The number of anilines is 2. The van der Waals surface area contributed by atoms with Crippen molar-refractivity contribution in [1.82, 2.24) is 9.97 Å². The van der Waals surface area contributed by atoms with Crippen LogP contribution in [0, 0.1) is 12.7 Å². The molecule has 0 fully saturated rings. The van der Waals surface area contributed by atoms with Gasteiger partial charge in [0.05, 0.1) is 41.6 Å². The van der Waals surface area contributed by atoms with Crippen molar-refractivity contribution in [2.75, 3.05) is 10.0 Å². The fourth-order valence-electron chi connectivity index (χ4n) is 3.29. The molecule has 0 radical (unpaired) electrons. The van der Waals surface area contributed by atoms with Gasteiger partial charge in [-0.15, -0.1) is 11.3 Å². The van der Waals surface area contributed by atoms with E-state index in [0.717, 1.165) is 49.7 Å². The van der Waals surface area contributed by atoms with E-state index in [1.165, 1.54) is 23.5 Å². The number of rotatable bonds is 5. The second-order valence-electron chi connectivity index (χ2n) is 7.07. The minimum atomic E-state index is -4.02. The SMILES string of the molecule is Cc1nc2ccc3nc(NC(=O)c4ccccc4NS(=O)(=O)c4ccc(F)cc4)sc3c2s1. The average Bonchev–Trinajstić information content (AvgIpc) is 3.36. The second-order valence-corrected chi connectivity index (χ2v) is 11.0. The third-order valence-electron chi connectivity index (χ3n) is 4.78. The molecule has 0 spiro atoms. The predicted molar refractivity (Wildman–Crippen MR) is 129 cm³/mol. The number of amides is 1. The van der Waals surface area contributed by atoms with Gasteiger partial charge in [-0.2, -0.15) is 0 Å². The number of benzene rings is 3. The van der Waals surface area contributed by atoms with E-state index in [4.69, 9.17) is 0 Å². The van der Waals surface area contributed by atoms with Gasteiger partial charge in [0, 0.05) is 0 Å². The molecule has 0 aliphatic heterocycles. The molecule has 11 heteroatoms. The monoisotopic (exact) mass is 498 g/mol. The van der Waals surface area contributed by atoms with Gasteiger partial charge >= 0.3 is 0 Å². The molecule has 2 aromatic heterocycles. The molecular formula is C22H15FN4O3S3. The van der Waals surface area contributed by atoms with E-state index in [1.54, 1.807) is 23.5 Å². The van der Waals surface area contributed by atoms with Crippen LogP contribution in [0.5, 0.6) is 0 Å². The number of nitrogens with zero attached hydrogens (tertiary/aromatic N) is 2. The van der Waals surface area contributed by atoms with Crippen LogP contribution in [0.4, 0.5) is 15.2 Å². The summed E-state index contributed by atoms with van der Waals surface area (Å²) >= 11 is 2.90. The molecule has 33 heavy (non-hydrogen) atoms. The van der Waals surface area contributed by atoms with Crippen LogP contribution in [0.15, 0.2) is 65.6 Å². The largest absolute Gasteiger partial charge is 0.298 e. The van der Waals surface area contributed by atoms with Crippen molar-refractivity contribution in [2.45, 2.75) is 11.8 Å². The molecule has 2 heterocycles. The van der Waals surface area contributed by atoms with Gasteiger partial charge in [0.2, 0.25) is 0 Å². The van der Waals surface area contributed by atoms with Gasteiger partial charge in [0.25, 0.3) is 15.9 Å². The lowest BCUT2D eigenvalue weighted by Crippen LogP contribution is -2.18. The Hall–Kier alpha value is -3.41. The zero-order chi connectivity index (χ0) is 23.2. The Kier molecular flexibility index (Phi) is 5.31. The van der Waals surface area contributed by atoms with Gasteiger partial charge in [0.15, 0.2) is 5.13 Å². The molecule has 5 rings (SSSR count). The first-order valence-electron chi connectivity index (χ1n) is 9.66. The molecule has 2 N–H and O–H groups in total. The van der Waals surface area contributed by atoms with E-state index in [-0.39, 0.29) is 16.1 Å². The fourth-order valence-corrected chi connectivity index (χ4v) is 6.37. The van der Waals surface area contributed by atoms with Crippen molar-refractivity contribution >= 4 is 69.9 Å². The van der Waals surface area contributed by atoms with Crippen LogP contribution in [-0.4, -0.2) is 24.3 Å². The van der Waals surface area contributed by atoms with E-state index < -0.39 is 21.7 Å². The first kappa shape index (κ1) is 21.4. The number of carbonyl (C=O) groups excluding carboxylic acids is 1. The van der Waals surface area contributed by atoms with Crippen molar-refractivity contribution in [1.29, 1.82) is 0 Å². The molecule has 0 unspecified atom stereocenters. The zero-order valence-corrected chi connectivity index (χ0v) is 19.4. The molecular weight excluding hydrogens is 483 g/mol. The normalized spacial score (nSPS) is 11.7. The Bertz CT molecular complexity index is 1630. The molecule has 3 aromatic carbocycles. The van der Waals surface area contributed by atoms with Crippen molar-refractivity contribution < 1.29 is 17.6 Å². The topological polar surface area (TPSA) is 101 Å². The highest BCUT2D eigenvalue weighted by Gasteiger charge is 2.20. The minimum Gasteiger partial charge on any atom is -0.298 e. The van der Waals surface area contributed by atoms with Crippen LogP contribution in [0.1, 0.15) is 15.4 Å². The number of sulfonamides is 1. The lowest BCUT2D eigenvalue weighted by atomic mass is 10.2. The van der Waals surface area contributed by atoms with E-state index in [9.17, 15) is 17.6 Å². The predicted octanol–water partition coefficient (Wildman–Crippen LogP) is 5.41. The van der Waals surface area contributed by atoms with E-state index in [1.807, 2.05) is 19.1 Å². The first-order chi connectivity index (χ1) is 15.8. The Labute approximate surface area is 196 Å².